The maximum atomic E-state index is 9.28. The molecule has 18 heavy (non-hydrogen) atoms. The van der Waals surface area contributed by atoms with Gasteiger partial charge in [-0.15, -0.1) is 0 Å². The first-order valence-corrected chi connectivity index (χ1v) is 6.55. The van der Waals surface area contributed by atoms with Gasteiger partial charge in [0, 0.05) is 22.5 Å². The first kappa shape index (κ1) is 11.6. The van der Waals surface area contributed by atoms with Gasteiger partial charge >= 0.3 is 0 Å². The quantitative estimate of drug-likeness (QED) is 0.812. The van der Waals surface area contributed by atoms with Crippen LogP contribution in [0.5, 0.6) is 0 Å². The second-order valence-electron chi connectivity index (χ2n) is 4.50. The zero-order chi connectivity index (χ0) is 12.7. The van der Waals surface area contributed by atoms with E-state index in [0.29, 0.717) is 0 Å². The zero-order valence-corrected chi connectivity index (χ0v) is 11.0. The van der Waals surface area contributed by atoms with Gasteiger partial charge in [-0.2, -0.15) is 0 Å². The topological polar surface area (TPSA) is 37.2 Å². The smallest absolute Gasteiger partial charge is 0.0802 e. The number of hydrogen-bond donors (Lipinski definition) is 2. The molecule has 0 amide bonds. The number of aromatic nitrogens is 1. The van der Waals surface area contributed by atoms with E-state index in [-0.39, 0.29) is 0 Å². The third-order valence-electron chi connectivity index (χ3n) is 3.56. The lowest BCUT2D eigenvalue weighted by atomic mass is 9.99. The molecule has 1 aliphatic carbocycles. The Kier molecular flexibility index (Phi) is 2.80. The van der Waals surface area contributed by atoms with Crippen molar-refractivity contribution in [2.24, 2.45) is 0 Å². The highest BCUT2D eigenvalue weighted by atomic mass is 35.5. The SMILES string of the molecule is CCn1c2c(c3cc(Cl)ccc31)CCC=C2NO. The molecule has 0 saturated carbocycles. The van der Waals surface area contributed by atoms with Crippen molar-refractivity contribution in [3.05, 3.63) is 40.6 Å². The number of nitrogens with zero attached hydrogens (tertiary/aromatic N) is 1. The van der Waals surface area contributed by atoms with Crippen molar-refractivity contribution in [2.45, 2.75) is 26.3 Å². The molecule has 1 aromatic carbocycles. The number of benzene rings is 1. The Bertz CT molecular complexity index is 643. The fourth-order valence-electron chi connectivity index (χ4n) is 2.84. The Morgan fingerprint density at radius 2 is 2.28 bits per heavy atom. The van der Waals surface area contributed by atoms with Crippen molar-refractivity contribution in [2.75, 3.05) is 0 Å². The molecule has 0 spiro atoms. The van der Waals surface area contributed by atoms with Crippen molar-refractivity contribution in [1.29, 1.82) is 0 Å². The normalized spacial score (nSPS) is 14.5. The van der Waals surface area contributed by atoms with Crippen LogP contribution in [0.25, 0.3) is 16.6 Å². The molecule has 1 heterocycles. The van der Waals surface area contributed by atoms with E-state index in [4.69, 9.17) is 11.6 Å². The highest BCUT2D eigenvalue weighted by molar-refractivity contribution is 6.31. The lowest BCUT2D eigenvalue weighted by Gasteiger charge is -2.16. The molecule has 0 atom stereocenters. The molecule has 0 unspecified atom stereocenters. The number of hydroxylamine groups is 1. The van der Waals surface area contributed by atoms with Crippen molar-refractivity contribution in [3.63, 3.8) is 0 Å². The lowest BCUT2D eigenvalue weighted by molar-refractivity contribution is 0.223. The van der Waals surface area contributed by atoms with E-state index in [1.807, 2.05) is 18.2 Å². The molecule has 2 aromatic rings. The van der Waals surface area contributed by atoms with Crippen LogP contribution < -0.4 is 5.48 Å². The van der Waals surface area contributed by atoms with Crippen LogP contribution in [-0.4, -0.2) is 9.77 Å². The Labute approximate surface area is 111 Å². The monoisotopic (exact) mass is 262 g/mol. The molecule has 94 valence electrons. The van der Waals surface area contributed by atoms with Crippen LogP contribution in [0.4, 0.5) is 0 Å². The van der Waals surface area contributed by atoms with Gasteiger partial charge < -0.3 is 4.57 Å². The van der Waals surface area contributed by atoms with Crippen molar-refractivity contribution < 1.29 is 5.21 Å². The van der Waals surface area contributed by atoms with E-state index in [2.05, 4.69) is 23.0 Å². The van der Waals surface area contributed by atoms with Gasteiger partial charge in [0.1, 0.15) is 0 Å². The van der Waals surface area contributed by atoms with Gasteiger partial charge in [0.15, 0.2) is 0 Å². The largest absolute Gasteiger partial charge is 0.339 e. The summed E-state index contributed by atoms with van der Waals surface area (Å²) >= 11 is 6.09. The van der Waals surface area contributed by atoms with Gasteiger partial charge in [0.25, 0.3) is 0 Å². The number of halogens is 1. The van der Waals surface area contributed by atoms with Crippen LogP contribution in [0, 0.1) is 0 Å². The first-order chi connectivity index (χ1) is 8.76. The molecule has 3 nitrogen and oxygen atoms in total. The molecule has 2 N–H and O–H groups in total. The van der Waals surface area contributed by atoms with E-state index >= 15 is 0 Å². The second-order valence-corrected chi connectivity index (χ2v) is 4.94. The molecular weight excluding hydrogens is 248 g/mol. The Balaban J connectivity index is 2.39. The molecule has 0 aliphatic heterocycles. The van der Waals surface area contributed by atoms with Crippen LogP contribution in [0.15, 0.2) is 24.3 Å². The van der Waals surface area contributed by atoms with Crippen LogP contribution >= 0.6 is 11.6 Å². The second kappa shape index (κ2) is 4.34. The number of nitrogens with one attached hydrogen (secondary N) is 1. The number of allylic oxidation sites excluding steroid dienone is 1. The van der Waals surface area contributed by atoms with Crippen LogP contribution in [0.2, 0.25) is 5.02 Å². The number of rotatable bonds is 2. The summed E-state index contributed by atoms with van der Waals surface area (Å²) in [5.74, 6) is 0. The average Bonchev–Trinajstić information content (AvgIpc) is 2.72. The number of fused-ring (bicyclic) bond motifs is 3. The van der Waals surface area contributed by atoms with Gasteiger partial charge in [-0.3, -0.25) is 10.7 Å². The molecule has 0 fully saturated rings. The molecule has 0 saturated heterocycles. The van der Waals surface area contributed by atoms with Gasteiger partial charge in [-0.05, 0) is 43.5 Å². The molecule has 0 radical (unpaired) electrons. The lowest BCUT2D eigenvalue weighted by Crippen LogP contribution is -2.14. The molecule has 4 heteroatoms. The average molecular weight is 263 g/mol. The fraction of sp³-hybridized carbons (Fsp3) is 0.286. The van der Waals surface area contributed by atoms with Crippen LogP contribution in [-0.2, 0) is 13.0 Å². The van der Waals surface area contributed by atoms with E-state index in [0.717, 1.165) is 35.8 Å². The summed E-state index contributed by atoms with van der Waals surface area (Å²) < 4.78 is 2.22. The molecule has 3 rings (SSSR count). The van der Waals surface area contributed by atoms with E-state index in [1.165, 1.54) is 16.5 Å². The van der Waals surface area contributed by atoms with E-state index in [9.17, 15) is 5.21 Å². The summed E-state index contributed by atoms with van der Waals surface area (Å²) in [4.78, 5) is 0. The third kappa shape index (κ3) is 1.55. The molecule has 1 aliphatic rings. The van der Waals surface area contributed by atoms with Gasteiger partial charge in [-0.1, -0.05) is 17.7 Å². The number of aryl methyl sites for hydroxylation is 2. The zero-order valence-electron chi connectivity index (χ0n) is 10.2. The highest BCUT2D eigenvalue weighted by Gasteiger charge is 2.21. The predicted octanol–water partition coefficient (Wildman–Crippen LogP) is 3.58. The summed E-state index contributed by atoms with van der Waals surface area (Å²) in [6.07, 6.45) is 3.96. The Hall–Kier alpha value is -1.45. The van der Waals surface area contributed by atoms with Crippen molar-refractivity contribution in [3.8, 4) is 0 Å². The maximum absolute atomic E-state index is 9.28. The minimum atomic E-state index is 0.756. The third-order valence-corrected chi connectivity index (χ3v) is 3.80. The predicted molar refractivity (Wildman–Crippen MR) is 73.8 cm³/mol. The first-order valence-electron chi connectivity index (χ1n) is 6.17. The fourth-order valence-corrected chi connectivity index (χ4v) is 3.01. The number of hydrogen-bond acceptors (Lipinski definition) is 2. The molecule has 1 aromatic heterocycles. The maximum Gasteiger partial charge on any atom is 0.0802 e. The molecule has 0 bridgehead atoms. The van der Waals surface area contributed by atoms with Gasteiger partial charge in [0.05, 0.1) is 11.4 Å². The summed E-state index contributed by atoms with van der Waals surface area (Å²) in [5.41, 5.74) is 6.65. The summed E-state index contributed by atoms with van der Waals surface area (Å²) in [6, 6.07) is 5.98. The summed E-state index contributed by atoms with van der Waals surface area (Å²) in [6.45, 7) is 2.98. The van der Waals surface area contributed by atoms with Crippen LogP contribution in [0.3, 0.4) is 0 Å². The Morgan fingerprint density at radius 3 is 3.00 bits per heavy atom. The minimum Gasteiger partial charge on any atom is -0.339 e. The van der Waals surface area contributed by atoms with E-state index in [1.54, 1.807) is 0 Å². The summed E-state index contributed by atoms with van der Waals surface area (Å²) in [7, 11) is 0. The van der Waals surface area contributed by atoms with E-state index < -0.39 is 0 Å². The van der Waals surface area contributed by atoms with Crippen molar-refractivity contribution >= 4 is 28.2 Å². The minimum absolute atomic E-state index is 0.756. The van der Waals surface area contributed by atoms with Gasteiger partial charge in [-0.25, -0.2) is 0 Å². The standard InChI is InChI=1S/C14H15ClN2O/c1-2-17-13-7-6-9(15)8-11(13)10-4-3-5-12(16-18)14(10)17/h5-8,16,18H,2-4H2,1H3. The molecular formula is C14H15ClN2O. The van der Waals surface area contributed by atoms with Gasteiger partial charge in [0.2, 0.25) is 0 Å². The Morgan fingerprint density at radius 1 is 1.44 bits per heavy atom. The van der Waals surface area contributed by atoms with Crippen LogP contribution in [0.1, 0.15) is 24.6 Å². The summed E-state index contributed by atoms with van der Waals surface area (Å²) in [5, 5.41) is 11.2. The highest BCUT2D eigenvalue weighted by Crippen LogP contribution is 2.35. The van der Waals surface area contributed by atoms with Crippen molar-refractivity contribution in [1.82, 2.24) is 10.0 Å².